The van der Waals surface area contributed by atoms with E-state index in [2.05, 4.69) is 32.6 Å². The molecule has 1 aliphatic carbocycles. The molecule has 0 saturated heterocycles. The standard InChI is InChI=1S/C19H34O3Si/c1-14(13-15(2)20)9-10-17-16(18(3,4)21)11-12-19(17,5)22-23(6,7)8/h9-10,13,16-17,21H,11-12H2,1-8H3/b10-9+,14-13+. The molecule has 3 nitrogen and oxygen atoms in total. The van der Waals surface area contributed by atoms with E-state index < -0.39 is 13.9 Å². The molecule has 0 spiro atoms. The van der Waals surface area contributed by atoms with Crippen molar-refractivity contribution >= 4 is 14.1 Å². The lowest BCUT2D eigenvalue weighted by Gasteiger charge is -2.40. The second-order valence-corrected chi connectivity index (χ2v) is 13.1. The van der Waals surface area contributed by atoms with Gasteiger partial charge in [-0.3, -0.25) is 4.79 Å². The Hall–Kier alpha value is -0.713. The van der Waals surface area contributed by atoms with Crippen molar-refractivity contribution in [1.82, 2.24) is 0 Å². The summed E-state index contributed by atoms with van der Waals surface area (Å²) in [5.74, 6) is 0.355. The minimum atomic E-state index is -1.69. The fraction of sp³-hybridized carbons (Fsp3) is 0.737. The molecule has 1 fully saturated rings. The molecule has 0 amide bonds. The predicted molar refractivity (Wildman–Crippen MR) is 98.9 cm³/mol. The van der Waals surface area contributed by atoms with Gasteiger partial charge in [0.15, 0.2) is 14.1 Å². The van der Waals surface area contributed by atoms with E-state index in [1.165, 1.54) is 0 Å². The summed E-state index contributed by atoms with van der Waals surface area (Å²) in [5, 5.41) is 10.6. The average molecular weight is 339 g/mol. The van der Waals surface area contributed by atoms with Crippen LogP contribution in [0.2, 0.25) is 19.6 Å². The molecule has 3 unspecified atom stereocenters. The molecule has 1 N–H and O–H groups in total. The molecule has 4 heteroatoms. The van der Waals surface area contributed by atoms with Gasteiger partial charge in [-0.25, -0.2) is 0 Å². The quantitative estimate of drug-likeness (QED) is 0.441. The van der Waals surface area contributed by atoms with Gasteiger partial charge in [-0.2, -0.15) is 0 Å². The van der Waals surface area contributed by atoms with E-state index in [0.29, 0.717) is 0 Å². The van der Waals surface area contributed by atoms with Gasteiger partial charge in [0.1, 0.15) is 0 Å². The Morgan fingerprint density at radius 2 is 1.87 bits per heavy atom. The number of hydrogen-bond donors (Lipinski definition) is 1. The number of carbonyl (C=O) groups excluding carboxylic acids is 1. The van der Waals surface area contributed by atoms with Crippen LogP contribution in [-0.2, 0) is 9.22 Å². The van der Waals surface area contributed by atoms with E-state index in [9.17, 15) is 9.90 Å². The minimum absolute atomic E-state index is 0.0544. The van der Waals surface area contributed by atoms with Crippen LogP contribution in [0, 0.1) is 11.8 Å². The van der Waals surface area contributed by atoms with Crippen molar-refractivity contribution in [3.05, 3.63) is 23.8 Å². The highest BCUT2D eigenvalue weighted by Crippen LogP contribution is 2.49. The smallest absolute Gasteiger partial charge is 0.184 e. The van der Waals surface area contributed by atoms with Gasteiger partial charge in [0.25, 0.3) is 0 Å². The van der Waals surface area contributed by atoms with E-state index in [-0.39, 0.29) is 23.2 Å². The Morgan fingerprint density at radius 3 is 2.30 bits per heavy atom. The molecule has 0 aromatic rings. The maximum atomic E-state index is 11.2. The molecule has 0 heterocycles. The summed E-state index contributed by atoms with van der Waals surface area (Å²) in [5.41, 5.74) is -0.0511. The molecule has 1 rings (SSSR count). The average Bonchev–Trinajstić information content (AvgIpc) is 2.59. The van der Waals surface area contributed by atoms with Crippen LogP contribution in [-0.4, -0.2) is 30.4 Å². The Morgan fingerprint density at radius 1 is 1.30 bits per heavy atom. The van der Waals surface area contributed by atoms with Crippen LogP contribution in [0.1, 0.15) is 47.5 Å². The van der Waals surface area contributed by atoms with E-state index >= 15 is 0 Å². The second kappa shape index (κ2) is 7.04. The third kappa shape index (κ3) is 6.01. The lowest BCUT2D eigenvalue weighted by Crippen LogP contribution is -2.46. The fourth-order valence-electron chi connectivity index (χ4n) is 3.79. The van der Waals surface area contributed by atoms with Gasteiger partial charge in [0.2, 0.25) is 0 Å². The summed E-state index contributed by atoms with van der Waals surface area (Å²) in [7, 11) is -1.69. The summed E-state index contributed by atoms with van der Waals surface area (Å²) >= 11 is 0. The molecule has 0 aromatic carbocycles. The van der Waals surface area contributed by atoms with Crippen molar-refractivity contribution < 1.29 is 14.3 Å². The summed E-state index contributed by atoms with van der Waals surface area (Å²) in [6.07, 6.45) is 7.69. The normalized spacial score (nSPS) is 30.2. The Balaban J connectivity index is 3.14. The highest BCUT2D eigenvalue weighted by atomic mass is 28.4. The predicted octanol–water partition coefficient (Wildman–Crippen LogP) is 4.49. The van der Waals surface area contributed by atoms with Crippen LogP contribution in [0.15, 0.2) is 23.8 Å². The monoisotopic (exact) mass is 338 g/mol. The van der Waals surface area contributed by atoms with Gasteiger partial charge in [-0.15, -0.1) is 0 Å². The largest absolute Gasteiger partial charge is 0.412 e. The van der Waals surface area contributed by atoms with E-state index in [1.54, 1.807) is 13.0 Å². The maximum Gasteiger partial charge on any atom is 0.184 e. The van der Waals surface area contributed by atoms with Gasteiger partial charge in [-0.05, 0) is 84.7 Å². The summed E-state index contributed by atoms with van der Waals surface area (Å²) in [4.78, 5) is 11.2. The Kier molecular flexibility index (Phi) is 6.22. The number of ketones is 1. The van der Waals surface area contributed by atoms with Crippen LogP contribution < -0.4 is 0 Å². The second-order valence-electron chi connectivity index (χ2n) is 8.71. The minimum Gasteiger partial charge on any atom is -0.412 e. The maximum absolute atomic E-state index is 11.2. The number of rotatable bonds is 6. The molecule has 23 heavy (non-hydrogen) atoms. The SMILES string of the molecule is CC(=O)/C=C(C)/C=C/C1C(C(C)(C)O)CCC1(C)O[Si](C)(C)C. The number of carbonyl (C=O) groups is 1. The lowest BCUT2D eigenvalue weighted by atomic mass is 9.78. The molecule has 3 atom stereocenters. The van der Waals surface area contributed by atoms with Gasteiger partial charge >= 0.3 is 0 Å². The van der Waals surface area contributed by atoms with E-state index in [1.807, 2.05) is 26.8 Å². The zero-order valence-corrected chi connectivity index (χ0v) is 17.1. The van der Waals surface area contributed by atoms with Gasteiger partial charge < -0.3 is 9.53 Å². The third-order valence-electron chi connectivity index (χ3n) is 4.53. The fourth-order valence-corrected chi connectivity index (χ4v) is 5.42. The summed E-state index contributed by atoms with van der Waals surface area (Å²) in [6, 6.07) is 0. The number of allylic oxidation sites excluding steroid dienone is 3. The molecule has 0 aromatic heterocycles. The molecule has 1 saturated carbocycles. The molecular weight excluding hydrogens is 304 g/mol. The zero-order chi connectivity index (χ0) is 18.1. The first-order chi connectivity index (χ1) is 10.2. The van der Waals surface area contributed by atoms with Crippen LogP contribution >= 0.6 is 0 Å². The lowest BCUT2D eigenvalue weighted by molar-refractivity contribution is -0.112. The number of hydrogen-bond acceptors (Lipinski definition) is 3. The van der Waals surface area contributed by atoms with Crippen molar-refractivity contribution in [1.29, 1.82) is 0 Å². The molecule has 0 radical (unpaired) electrons. The first-order valence-electron chi connectivity index (χ1n) is 8.54. The van der Waals surface area contributed by atoms with Gasteiger partial charge in [0.05, 0.1) is 11.2 Å². The first-order valence-corrected chi connectivity index (χ1v) is 11.9. The van der Waals surface area contributed by atoms with Crippen molar-refractivity contribution in [2.24, 2.45) is 11.8 Å². The van der Waals surface area contributed by atoms with Gasteiger partial charge in [0, 0.05) is 5.92 Å². The summed E-state index contributed by atoms with van der Waals surface area (Å²) < 4.78 is 6.53. The highest BCUT2D eigenvalue weighted by Gasteiger charge is 2.50. The van der Waals surface area contributed by atoms with Crippen LogP contribution in [0.25, 0.3) is 0 Å². The van der Waals surface area contributed by atoms with Gasteiger partial charge in [-0.1, -0.05) is 12.2 Å². The van der Waals surface area contributed by atoms with Crippen molar-refractivity contribution in [3.63, 3.8) is 0 Å². The van der Waals surface area contributed by atoms with Crippen LogP contribution in [0.5, 0.6) is 0 Å². The van der Waals surface area contributed by atoms with E-state index in [0.717, 1.165) is 18.4 Å². The molecule has 1 aliphatic rings. The third-order valence-corrected chi connectivity index (χ3v) is 5.61. The van der Waals surface area contributed by atoms with Crippen LogP contribution in [0.4, 0.5) is 0 Å². The molecule has 0 aliphatic heterocycles. The van der Waals surface area contributed by atoms with E-state index in [4.69, 9.17) is 4.43 Å². The zero-order valence-electron chi connectivity index (χ0n) is 16.1. The molecular formula is C19H34O3Si. The topological polar surface area (TPSA) is 46.5 Å². The van der Waals surface area contributed by atoms with Crippen molar-refractivity contribution in [2.75, 3.05) is 0 Å². The first kappa shape index (κ1) is 20.3. The molecule has 0 bridgehead atoms. The Labute approximate surface area is 142 Å². The molecule has 132 valence electrons. The van der Waals surface area contributed by atoms with Crippen LogP contribution in [0.3, 0.4) is 0 Å². The van der Waals surface area contributed by atoms with Crippen molar-refractivity contribution in [2.45, 2.75) is 78.3 Å². The number of aliphatic hydroxyl groups is 1. The van der Waals surface area contributed by atoms with Crippen molar-refractivity contribution in [3.8, 4) is 0 Å². The highest BCUT2D eigenvalue weighted by molar-refractivity contribution is 6.69. The Bertz CT molecular complexity index is 494. The summed E-state index contributed by atoms with van der Waals surface area (Å²) in [6.45, 7) is 16.1.